The van der Waals surface area contributed by atoms with Crippen molar-refractivity contribution in [3.8, 4) is 17.2 Å². The number of amides is 1. The minimum Gasteiger partial charge on any atom is -0.478 e. The number of aromatic carboxylic acids is 1. The largest absolute Gasteiger partial charge is 0.478 e. The molecule has 0 fully saturated rings. The van der Waals surface area contributed by atoms with Gasteiger partial charge in [-0.15, -0.1) is 0 Å². The number of carboxylic acids is 1. The van der Waals surface area contributed by atoms with Crippen LogP contribution in [0.15, 0.2) is 54.6 Å². The maximum atomic E-state index is 12.8. The lowest BCUT2D eigenvalue weighted by Gasteiger charge is -2.12. The monoisotopic (exact) mass is 444 g/mol. The van der Waals surface area contributed by atoms with Gasteiger partial charge < -0.3 is 10.4 Å². The van der Waals surface area contributed by atoms with E-state index in [4.69, 9.17) is 45.2 Å². The molecule has 0 saturated carbocycles. The van der Waals surface area contributed by atoms with Crippen molar-refractivity contribution in [1.82, 2.24) is 0 Å². The number of halogens is 3. The van der Waals surface area contributed by atoms with Crippen LogP contribution in [0.2, 0.25) is 15.1 Å². The molecule has 0 heterocycles. The van der Waals surface area contributed by atoms with Crippen LogP contribution in [-0.4, -0.2) is 17.0 Å². The quantitative estimate of drug-likeness (QED) is 0.505. The van der Waals surface area contributed by atoms with Crippen LogP contribution < -0.4 is 5.32 Å². The maximum Gasteiger partial charge on any atom is 0.335 e. The van der Waals surface area contributed by atoms with Gasteiger partial charge in [0.25, 0.3) is 5.91 Å². The van der Waals surface area contributed by atoms with E-state index in [1.807, 2.05) is 6.07 Å². The van der Waals surface area contributed by atoms with Crippen LogP contribution in [0, 0.1) is 11.3 Å². The zero-order valence-electron chi connectivity index (χ0n) is 14.5. The Kier molecular flexibility index (Phi) is 6.09. The predicted molar refractivity (Wildman–Crippen MR) is 113 cm³/mol. The number of carboxylic acid groups (broad SMARTS) is 1. The summed E-state index contributed by atoms with van der Waals surface area (Å²) in [6.07, 6.45) is 0. The molecule has 2 N–H and O–H groups in total. The van der Waals surface area contributed by atoms with Crippen molar-refractivity contribution in [2.45, 2.75) is 0 Å². The summed E-state index contributed by atoms with van der Waals surface area (Å²) < 4.78 is 0. The molecule has 1 amide bonds. The summed E-state index contributed by atoms with van der Waals surface area (Å²) in [7, 11) is 0. The second kappa shape index (κ2) is 8.54. The fourth-order valence-electron chi connectivity index (χ4n) is 2.64. The van der Waals surface area contributed by atoms with Gasteiger partial charge in [0.1, 0.15) is 0 Å². The minimum atomic E-state index is -1.19. The van der Waals surface area contributed by atoms with E-state index in [-0.39, 0.29) is 31.9 Å². The molecule has 3 aromatic rings. The topological polar surface area (TPSA) is 90.2 Å². The first-order valence-corrected chi connectivity index (χ1v) is 9.27. The summed E-state index contributed by atoms with van der Waals surface area (Å²) in [5.41, 5.74) is 2.07. The molecule has 0 bridgehead atoms. The third-order valence-corrected chi connectivity index (χ3v) is 4.99. The normalized spacial score (nSPS) is 10.3. The highest BCUT2D eigenvalue weighted by Gasteiger charge is 2.18. The standard InChI is InChI=1S/C21H11Cl3N2O3/c22-16-5-4-13(12-3-1-2-11(6-12)10-25)7-15(16)20(27)26-19-17(23)8-14(21(28)29)9-18(19)24/h1-9H,(H,26,27)(H,28,29). The number of nitriles is 1. The highest BCUT2D eigenvalue weighted by atomic mass is 35.5. The van der Waals surface area contributed by atoms with E-state index in [1.165, 1.54) is 12.1 Å². The number of benzene rings is 3. The van der Waals surface area contributed by atoms with Gasteiger partial charge in [0, 0.05) is 0 Å². The molecule has 3 aromatic carbocycles. The Hall–Kier alpha value is -3.04. The molecule has 3 rings (SSSR count). The van der Waals surface area contributed by atoms with E-state index < -0.39 is 11.9 Å². The van der Waals surface area contributed by atoms with Crippen molar-refractivity contribution in [3.63, 3.8) is 0 Å². The van der Waals surface area contributed by atoms with Gasteiger partial charge in [0.2, 0.25) is 0 Å². The van der Waals surface area contributed by atoms with Gasteiger partial charge in [-0.25, -0.2) is 4.79 Å². The van der Waals surface area contributed by atoms with Gasteiger partial charge in [-0.2, -0.15) is 5.26 Å². The average molecular weight is 446 g/mol. The Balaban J connectivity index is 1.96. The second-order valence-electron chi connectivity index (χ2n) is 5.96. The zero-order valence-corrected chi connectivity index (χ0v) is 16.8. The van der Waals surface area contributed by atoms with E-state index in [0.29, 0.717) is 11.1 Å². The summed E-state index contributed by atoms with van der Waals surface area (Å²) >= 11 is 18.4. The number of carbonyl (C=O) groups is 2. The number of nitrogens with zero attached hydrogens (tertiary/aromatic N) is 1. The molecule has 144 valence electrons. The molecule has 29 heavy (non-hydrogen) atoms. The lowest BCUT2D eigenvalue weighted by Crippen LogP contribution is -2.14. The summed E-state index contributed by atoms with van der Waals surface area (Å²) in [4.78, 5) is 23.9. The Morgan fingerprint density at radius 2 is 1.55 bits per heavy atom. The number of rotatable bonds is 4. The molecule has 0 aliphatic carbocycles. The number of carbonyl (C=O) groups excluding carboxylic acids is 1. The van der Waals surface area contributed by atoms with Crippen molar-refractivity contribution < 1.29 is 14.7 Å². The number of anilines is 1. The van der Waals surface area contributed by atoms with Gasteiger partial charge in [-0.1, -0.05) is 53.0 Å². The van der Waals surface area contributed by atoms with Gasteiger partial charge in [-0.3, -0.25) is 4.79 Å². The van der Waals surface area contributed by atoms with Crippen molar-refractivity contribution in [2.75, 3.05) is 5.32 Å². The second-order valence-corrected chi connectivity index (χ2v) is 7.18. The van der Waals surface area contributed by atoms with Gasteiger partial charge in [-0.05, 0) is 47.5 Å². The maximum absolute atomic E-state index is 12.8. The van der Waals surface area contributed by atoms with Gasteiger partial charge in [0.15, 0.2) is 0 Å². The van der Waals surface area contributed by atoms with Gasteiger partial charge >= 0.3 is 5.97 Å². The Labute approximate surface area is 181 Å². The first-order chi connectivity index (χ1) is 13.8. The summed E-state index contributed by atoms with van der Waals surface area (Å²) in [6, 6.07) is 16.3. The third-order valence-electron chi connectivity index (χ3n) is 4.06. The summed E-state index contributed by atoms with van der Waals surface area (Å²) in [5.74, 6) is -1.76. The van der Waals surface area contributed by atoms with Crippen LogP contribution in [0.3, 0.4) is 0 Å². The Bertz CT molecular complexity index is 1160. The fraction of sp³-hybridized carbons (Fsp3) is 0. The SMILES string of the molecule is N#Cc1cccc(-c2ccc(Cl)c(C(=O)Nc3c(Cl)cc(C(=O)O)cc3Cl)c2)c1. The number of hydrogen-bond donors (Lipinski definition) is 2. The molecule has 8 heteroatoms. The molecule has 0 atom stereocenters. The fourth-order valence-corrected chi connectivity index (χ4v) is 3.43. The van der Waals surface area contributed by atoms with Crippen molar-refractivity contribution >= 4 is 52.4 Å². The van der Waals surface area contributed by atoms with Crippen LogP contribution in [0.25, 0.3) is 11.1 Å². The molecule has 0 unspecified atom stereocenters. The molecular formula is C21H11Cl3N2O3. The van der Waals surface area contributed by atoms with E-state index in [9.17, 15) is 9.59 Å². The van der Waals surface area contributed by atoms with E-state index in [1.54, 1.807) is 36.4 Å². The van der Waals surface area contributed by atoms with Crippen LogP contribution in [0.5, 0.6) is 0 Å². The first-order valence-electron chi connectivity index (χ1n) is 8.14. The van der Waals surface area contributed by atoms with Gasteiger partial charge in [0.05, 0.1) is 43.5 Å². The molecule has 0 radical (unpaired) electrons. The molecule has 0 saturated heterocycles. The molecule has 0 aromatic heterocycles. The van der Waals surface area contributed by atoms with E-state index in [2.05, 4.69) is 11.4 Å². The van der Waals surface area contributed by atoms with Crippen LogP contribution in [-0.2, 0) is 0 Å². The molecular weight excluding hydrogens is 435 g/mol. The number of nitrogens with one attached hydrogen (secondary N) is 1. The highest BCUT2D eigenvalue weighted by molar-refractivity contribution is 6.41. The lowest BCUT2D eigenvalue weighted by atomic mass is 10.0. The van der Waals surface area contributed by atoms with Crippen molar-refractivity contribution in [2.24, 2.45) is 0 Å². The predicted octanol–water partition coefficient (Wildman–Crippen LogP) is 6.14. The average Bonchev–Trinajstić information content (AvgIpc) is 2.70. The lowest BCUT2D eigenvalue weighted by molar-refractivity contribution is 0.0696. The first kappa shape index (κ1) is 20.7. The van der Waals surface area contributed by atoms with Crippen LogP contribution in [0.1, 0.15) is 26.3 Å². The van der Waals surface area contributed by atoms with Crippen LogP contribution in [0.4, 0.5) is 5.69 Å². The summed E-state index contributed by atoms with van der Waals surface area (Å²) in [5, 5.41) is 20.9. The van der Waals surface area contributed by atoms with Crippen LogP contribution >= 0.6 is 34.8 Å². The van der Waals surface area contributed by atoms with E-state index in [0.717, 1.165) is 5.56 Å². The Morgan fingerprint density at radius 3 is 2.17 bits per heavy atom. The molecule has 0 spiro atoms. The van der Waals surface area contributed by atoms with Crippen molar-refractivity contribution in [1.29, 1.82) is 5.26 Å². The highest BCUT2D eigenvalue weighted by Crippen LogP contribution is 2.33. The summed E-state index contributed by atoms with van der Waals surface area (Å²) in [6.45, 7) is 0. The van der Waals surface area contributed by atoms with E-state index >= 15 is 0 Å². The third kappa shape index (κ3) is 4.52. The number of hydrogen-bond acceptors (Lipinski definition) is 3. The molecule has 5 nitrogen and oxygen atoms in total. The minimum absolute atomic E-state index is 0.0164. The molecule has 0 aliphatic heterocycles. The van der Waals surface area contributed by atoms with Crippen molar-refractivity contribution in [3.05, 3.63) is 86.4 Å². The smallest absolute Gasteiger partial charge is 0.335 e. The Morgan fingerprint density at radius 1 is 0.897 bits per heavy atom. The zero-order chi connectivity index (χ0) is 21.1. The molecule has 0 aliphatic rings.